The van der Waals surface area contributed by atoms with Crippen molar-refractivity contribution in [2.75, 3.05) is 12.3 Å². The molecule has 1 heterocycles. The molecule has 108 valence electrons. The van der Waals surface area contributed by atoms with Gasteiger partial charge < -0.3 is 0 Å². The first-order valence-corrected chi connectivity index (χ1v) is 15.0. The normalized spacial score (nSPS) is 23.7. The standard InChI is InChI=1S/C8H18Cl4N3P3/c1-3-5-7-16(8-6-4-2)13-17(9,10)15-18(11,12)14-16/h3-8H2,1-2H3. The lowest BCUT2D eigenvalue weighted by molar-refractivity contribution is 0.863. The Labute approximate surface area is 129 Å². The summed E-state index contributed by atoms with van der Waals surface area (Å²) in [5.41, 5.74) is 0. The van der Waals surface area contributed by atoms with Crippen LogP contribution in [0.25, 0.3) is 0 Å². The Morgan fingerprint density at radius 1 is 0.722 bits per heavy atom. The van der Waals surface area contributed by atoms with Gasteiger partial charge in [-0.3, -0.25) is 0 Å². The molecule has 0 spiro atoms. The Bertz CT molecular complexity index is 431. The summed E-state index contributed by atoms with van der Waals surface area (Å²) >= 11 is 24.7. The lowest BCUT2D eigenvalue weighted by Gasteiger charge is -2.27. The van der Waals surface area contributed by atoms with Gasteiger partial charge in [-0.2, -0.15) is 4.52 Å². The number of halogens is 4. The van der Waals surface area contributed by atoms with E-state index in [1.807, 2.05) is 0 Å². The molecule has 18 heavy (non-hydrogen) atoms. The van der Waals surface area contributed by atoms with Gasteiger partial charge in [-0.05, 0) is 57.8 Å². The highest BCUT2D eigenvalue weighted by atomic mass is 35.9. The van der Waals surface area contributed by atoms with Crippen molar-refractivity contribution in [1.82, 2.24) is 0 Å². The van der Waals surface area contributed by atoms with Gasteiger partial charge in [-0.1, -0.05) is 26.7 Å². The van der Waals surface area contributed by atoms with Crippen LogP contribution in [0.4, 0.5) is 0 Å². The number of hydrogen-bond donors (Lipinski definition) is 0. The van der Waals surface area contributed by atoms with E-state index in [2.05, 4.69) is 27.4 Å². The predicted molar refractivity (Wildman–Crippen MR) is 91.0 cm³/mol. The highest BCUT2D eigenvalue weighted by Crippen LogP contribution is 2.85. The van der Waals surface area contributed by atoms with Crippen molar-refractivity contribution in [2.24, 2.45) is 13.5 Å². The van der Waals surface area contributed by atoms with E-state index in [-0.39, 0.29) is 0 Å². The SMILES string of the molecule is CCCCP1(CCCC)=NP(Cl)(Cl)=NP(Cl)(Cl)=N1. The predicted octanol–water partition coefficient (Wildman–Crippen LogP) is 8.56. The topological polar surface area (TPSA) is 37.1 Å². The minimum Gasteiger partial charge on any atom is -0.213 e. The molecule has 0 amide bonds. The molecule has 0 radical (unpaired) electrons. The second-order valence-electron chi connectivity index (χ2n) is 4.21. The molecule has 1 rings (SSSR count). The van der Waals surface area contributed by atoms with Gasteiger partial charge in [0.25, 0.3) is 11.8 Å². The number of nitrogens with zero attached hydrogens (tertiary/aromatic N) is 3. The van der Waals surface area contributed by atoms with Crippen molar-refractivity contribution < 1.29 is 0 Å². The smallest absolute Gasteiger partial charge is 0.213 e. The summed E-state index contributed by atoms with van der Waals surface area (Å²) in [4.78, 5) is 0. The molecule has 3 nitrogen and oxygen atoms in total. The van der Waals surface area contributed by atoms with Gasteiger partial charge in [0.05, 0.1) is 7.21 Å². The molecule has 1 aliphatic rings. The summed E-state index contributed by atoms with van der Waals surface area (Å²) in [6.07, 6.45) is 6.07. The van der Waals surface area contributed by atoms with Gasteiger partial charge in [0.2, 0.25) is 0 Å². The second kappa shape index (κ2) is 7.22. The first-order chi connectivity index (χ1) is 8.24. The van der Waals surface area contributed by atoms with Crippen LogP contribution in [0, 0.1) is 0 Å². The zero-order valence-corrected chi connectivity index (χ0v) is 16.1. The summed E-state index contributed by atoms with van der Waals surface area (Å²) in [5, 5.41) is 0. The highest BCUT2D eigenvalue weighted by molar-refractivity contribution is 8.21. The fraction of sp³-hybridized carbons (Fsp3) is 1.00. The maximum Gasteiger partial charge on any atom is 0.255 e. The zero-order valence-electron chi connectivity index (χ0n) is 10.4. The monoisotopic (exact) mass is 389 g/mol. The van der Waals surface area contributed by atoms with Crippen LogP contribution in [0.2, 0.25) is 0 Å². The zero-order chi connectivity index (χ0) is 13.9. The van der Waals surface area contributed by atoms with Crippen molar-refractivity contribution in [1.29, 1.82) is 0 Å². The molecule has 0 saturated heterocycles. The Balaban J connectivity index is 3.21. The Hall–Kier alpha value is 1.85. The van der Waals surface area contributed by atoms with Crippen LogP contribution in [-0.4, -0.2) is 12.3 Å². The molecular weight excluding hydrogens is 373 g/mol. The van der Waals surface area contributed by atoms with Crippen molar-refractivity contribution in [3.63, 3.8) is 0 Å². The van der Waals surface area contributed by atoms with E-state index in [9.17, 15) is 0 Å². The Morgan fingerprint density at radius 2 is 1.17 bits per heavy atom. The fourth-order valence-corrected chi connectivity index (χ4v) is 19.9. The molecule has 0 unspecified atom stereocenters. The molecule has 0 bridgehead atoms. The third kappa shape index (κ3) is 5.69. The van der Waals surface area contributed by atoms with Crippen molar-refractivity contribution in [3.05, 3.63) is 0 Å². The van der Waals surface area contributed by atoms with Gasteiger partial charge in [0, 0.05) is 12.3 Å². The molecule has 0 aromatic rings. The first-order valence-electron chi connectivity index (χ1n) is 5.92. The average molecular weight is 391 g/mol. The molecule has 0 aromatic carbocycles. The van der Waals surface area contributed by atoms with E-state index < -0.39 is 19.0 Å². The average Bonchev–Trinajstić information content (AvgIpc) is 2.19. The van der Waals surface area contributed by atoms with Crippen LogP contribution in [-0.2, 0) is 0 Å². The molecular formula is C8H18Cl4N3P3. The van der Waals surface area contributed by atoms with E-state index in [4.69, 9.17) is 45.0 Å². The summed E-state index contributed by atoms with van der Waals surface area (Å²) in [6.45, 7) is 4.27. The van der Waals surface area contributed by atoms with Gasteiger partial charge in [0.15, 0.2) is 0 Å². The van der Waals surface area contributed by atoms with Crippen LogP contribution in [0.3, 0.4) is 0 Å². The molecule has 0 aliphatic carbocycles. The van der Waals surface area contributed by atoms with Crippen LogP contribution < -0.4 is 0 Å². The van der Waals surface area contributed by atoms with Crippen LogP contribution in [0.15, 0.2) is 13.5 Å². The minimum absolute atomic E-state index is 0.904. The highest BCUT2D eigenvalue weighted by Gasteiger charge is 2.32. The molecule has 1 aliphatic heterocycles. The quantitative estimate of drug-likeness (QED) is 0.407. The molecule has 0 saturated carbocycles. The van der Waals surface area contributed by atoms with E-state index in [1.165, 1.54) is 0 Å². The van der Waals surface area contributed by atoms with E-state index in [1.54, 1.807) is 0 Å². The van der Waals surface area contributed by atoms with E-state index in [0.29, 0.717) is 0 Å². The summed E-state index contributed by atoms with van der Waals surface area (Å²) in [5.74, 6) is -5.45. The Kier molecular flexibility index (Phi) is 7.18. The molecule has 0 atom stereocenters. The van der Waals surface area contributed by atoms with Gasteiger partial charge in [0.1, 0.15) is 0 Å². The summed E-state index contributed by atoms with van der Waals surface area (Å²) in [6, 6.07) is 0. The fourth-order valence-electron chi connectivity index (χ4n) is 1.70. The van der Waals surface area contributed by atoms with Crippen molar-refractivity contribution in [3.8, 4) is 0 Å². The van der Waals surface area contributed by atoms with Crippen molar-refractivity contribution >= 4 is 64.0 Å². The van der Waals surface area contributed by atoms with E-state index >= 15 is 0 Å². The van der Waals surface area contributed by atoms with Crippen LogP contribution in [0.5, 0.6) is 0 Å². The first kappa shape index (κ1) is 17.9. The number of unbranched alkanes of at least 4 members (excludes halogenated alkanes) is 2. The molecule has 10 heteroatoms. The van der Waals surface area contributed by atoms with Crippen LogP contribution >= 0.6 is 64.0 Å². The molecule has 0 N–H and O–H groups in total. The summed E-state index contributed by atoms with van der Waals surface area (Å²) in [7, 11) is -1.94. The maximum atomic E-state index is 6.17. The summed E-state index contributed by atoms with van der Waals surface area (Å²) < 4.78 is 13.2. The largest absolute Gasteiger partial charge is 0.255 e. The molecule has 0 fully saturated rings. The van der Waals surface area contributed by atoms with Crippen molar-refractivity contribution in [2.45, 2.75) is 39.5 Å². The maximum absolute atomic E-state index is 6.17. The lowest BCUT2D eigenvalue weighted by Crippen LogP contribution is -1.94. The third-order valence-corrected chi connectivity index (χ3v) is 15.5. The van der Waals surface area contributed by atoms with E-state index in [0.717, 1.165) is 38.0 Å². The number of rotatable bonds is 6. The second-order valence-corrected chi connectivity index (χ2v) is 17.5. The molecule has 0 aromatic heterocycles. The Morgan fingerprint density at radius 3 is 1.56 bits per heavy atom. The van der Waals surface area contributed by atoms with Gasteiger partial charge in [-0.15, -0.1) is 0 Å². The van der Waals surface area contributed by atoms with Gasteiger partial charge >= 0.3 is 0 Å². The lowest BCUT2D eigenvalue weighted by atomic mass is 10.4. The number of hydrogen-bond acceptors (Lipinski definition) is 3. The van der Waals surface area contributed by atoms with Crippen LogP contribution in [0.1, 0.15) is 39.5 Å². The third-order valence-electron chi connectivity index (χ3n) is 2.50. The minimum atomic E-state index is -2.72. The van der Waals surface area contributed by atoms with Gasteiger partial charge in [-0.25, -0.2) is 9.03 Å².